The molecular formula is C25H26N2O6. The Balaban J connectivity index is 1.28. The van der Waals surface area contributed by atoms with Crippen LogP contribution >= 0.6 is 0 Å². The van der Waals surface area contributed by atoms with Crippen LogP contribution in [0.2, 0.25) is 0 Å². The number of hydrogen-bond donors (Lipinski definition) is 3. The molecule has 172 valence electrons. The van der Waals surface area contributed by atoms with Crippen LogP contribution in [0.1, 0.15) is 42.7 Å². The zero-order valence-corrected chi connectivity index (χ0v) is 18.1. The van der Waals surface area contributed by atoms with Crippen LogP contribution in [-0.2, 0) is 19.1 Å². The predicted molar refractivity (Wildman–Crippen MR) is 119 cm³/mol. The topological polar surface area (TPSA) is 114 Å². The summed E-state index contributed by atoms with van der Waals surface area (Å²) in [7, 11) is 0. The lowest BCUT2D eigenvalue weighted by Gasteiger charge is -2.40. The molecule has 2 aliphatic carbocycles. The highest BCUT2D eigenvalue weighted by Crippen LogP contribution is 2.44. The predicted octanol–water partition coefficient (Wildman–Crippen LogP) is 2.81. The average Bonchev–Trinajstić information content (AvgIpc) is 3.38. The molecular weight excluding hydrogens is 424 g/mol. The molecule has 2 fully saturated rings. The van der Waals surface area contributed by atoms with Gasteiger partial charge in [-0.1, -0.05) is 48.5 Å². The zero-order valence-electron chi connectivity index (χ0n) is 18.1. The zero-order chi connectivity index (χ0) is 23.1. The molecule has 0 spiro atoms. The van der Waals surface area contributed by atoms with Gasteiger partial charge in [0.25, 0.3) is 0 Å². The number of aliphatic carboxylic acids is 1. The first-order valence-electron chi connectivity index (χ1n) is 11.2. The van der Waals surface area contributed by atoms with Crippen molar-refractivity contribution in [3.63, 3.8) is 0 Å². The molecule has 2 aromatic rings. The van der Waals surface area contributed by atoms with E-state index in [0.717, 1.165) is 28.7 Å². The van der Waals surface area contributed by atoms with E-state index in [1.165, 1.54) is 0 Å². The largest absolute Gasteiger partial charge is 0.480 e. The summed E-state index contributed by atoms with van der Waals surface area (Å²) in [5.74, 6) is -1.70. The second kappa shape index (κ2) is 8.19. The summed E-state index contributed by atoms with van der Waals surface area (Å²) >= 11 is 0. The Morgan fingerprint density at radius 3 is 2.09 bits per heavy atom. The quantitative estimate of drug-likeness (QED) is 0.624. The molecule has 1 unspecified atom stereocenters. The molecule has 5 rings (SSSR count). The van der Waals surface area contributed by atoms with Crippen LogP contribution in [0.15, 0.2) is 48.5 Å². The summed E-state index contributed by atoms with van der Waals surface area (Å²) in [6, 6.07) is 16.1. The molecule has 0 aromatic heterocycles. The van der Waals surface area contributed by atoms with Gasteiger partial charge in [-0.3, -0.25) is 4.79 Å². The number of carboxylic acid groups (broad SMARTS) is 1. The minimum Gasteiger partial charge on any atom is -0.480 e. The van der Waals surface area contributed by atoms with Crippen LogP contribution in [0.4, 0.5) is 4.79 Å². The smallest absolute Gasteiger partial charge is 0.408 e. The van der Waals surface area contributed by atoms with E-state index in [1.54, 1.807) is 0 Å². The van der Waals surface area contributed by atoms with E-state index in [4.69, 9.17) is 9.47 Å². The van der Waals surface area contributed by atoms with Gasteiger partial charge in [0.2, 0.25) is 5.91 Å². The summed E-state index contributed by atoms with van der Waals surface area (Å²) in [6.07, 6.45) is 0.996. The van der Waals surface area contributed by atoms with Crippen molar-refractivity contribution in [3.8, 4) is 11.1 Å². The summed E-state index contributed by atoms with van der Waals surface area (Å²) in [6.45, 7) is 0.382. The minimum atomic E-state index is -1.35. The molecule has 0 bridgehead atoms. The first-order valence-corrected chi connectivity index (χ1v) is 11.2. The summed E-state index contributed by atoms with van der Waals surface area (Å²) in [4.78, 5) is 37.5. The maximum absolute atomic E-state index is 13.1. The van der Waals surface area contributed by atoms with Gasteiger partial charge in [0, 0.05) is 18.9 Å². The number of nitrogens with one attached hydrogen (secondary N) is 2. The Bertz CT molecular complexity index is 1060. The summed E-state index contributed by atoms with van der Waals surface area (Å²) in [5.41, 5.74) is 1.83. The van der Waals surface area contributed by atoms with Crippen LogP contribution in [0, 0.1) is 0 Å². The number of carboxylic acids is 1. The average molecular weight is 450 g/mol. The van der Waals surface area contributed by atoms with Crippen LogP contribution in [0.25, 0.3) is 11.1 Å². The van der Waals surface area contributed by atoms with Crippen molar-refractivity contribution in [1.29, 1.82) is 0 Å². The van der Waals surface area contributed by atoms with Gasteiger partial charge >= 0.3 is 12.1 Å². The van der Waals surface area contributed by atoms with Gasteiger partial charge < -0.3 is 25.2 Å². The van der Waals surface area contributed by atoms with Crippen molar-refractivity contribution in [3.05, 3.63) is 59.7 Å². The third-order valence-electron chi connectivity index (χ3n) is 7.11. The summed E-state index contributed by atoms with van der Waals surface area (Å²) < 4.78 is 11.0. The Hall–Kier alpha value is -3.39. The van der Waals surface area contributed by atoms with Gasteiger partial charge in [0.15, 0.2) is 0 Å². The fourth-order valence-corrected chi connectivity index (χ4v) is 4.99. The number of rotatable bonds is 6. The van der Waals surface area contributed by atoms with Crippen molar-refractivity contribution in [2.45, 2.75) is 42.7 Å². The van der Waals surface area contributed by atoms with E-state index < -0.39 is 29.0 Å². The normalized spacial score (nSPS) is 22.5. The molecule has 1 atom stereocenters. The number of benzene rings is 2. The number of ether oxygens (including phenoxy) is 2. The second-order valence-corrected chi connectivity index (χ2v) is 9.03. The van der Waals surface area contributed by atoms with Gasteiger partial charge in [-0.25, -0.2) is 9.59 Å². The fourth-order valence-electron chi connectivity index (χ4n) is 4.99. The number of carbonyl (C=O) groups is 3. The van der Waals surface area contributed by atoms with Gasteiger partial charge in [-0.15, -0.1) is 0 Å². The van der Waals surface area contributed by atoms with E-state index >= 15 is 0 Å². The number of fused-ring (bicyclic) bond motifs is 3. The van der Waals surface area contributed by atoms with Crippen LogP contribution < -0.4 is 10.6 Å². The van der Waals surface area contributed by atoms with Crippen molar-refractivity contribution in [2.75, 3.05) is 19.8 Å². The van der Waals surface area contributed by atoms with Crippen LogP contribution in [0.3, 0.4) is 0 Å². The molecule has 8 heteroatoms. The lowest BCUT2D eigenvalue weighted by Crippen LogP contribution is -2.67. The SMILES string of the molecule is O=C(NC1(C(=O)NC2(C(=O)O)CCC2)CCOC1)OCC1c2ccccc2-c2ccccc21. The van der Waals surface area contributed by atoms with Crippen molar-refractivity contribution >= 4 is 18.0 Å². The van der Waals surface area contributed by atoms with Crippen LogP contribution in [0.5, 0.6) is 0 Å². The Labute approximate surface area is 191 Å². The monoisotopic (exact) mass is 450 g/mol. The van der Waals surface area contributed by atoms with Gasteiger partial charge in [0.05, 0.1) is 6.61 Å². The van der Waals surface area contributed by atoms with E-state index in [0.29, 0.717) is 12.8 Å². The first kappa shape index (κ1) is 21.5. The second-order valence-electron chi connectivity index (χ2n) is 9.03. The fraction of sp³-hybridized carbons (Fsp3) is 0.400. The molecule has 2 amide bonds. The highest BCUT2D eigenvalue weighted by molar-refractivity contribution is 5.95. The number of carbonyl (C=O) groups excluding carboxylic acids is 2. The number of amides is 2. The molecule has 3 aliphatic rings. The van der Waals surface area contributed by atoms with E-state index in [1.807, 2.05) is 36.4 Å². The number of hydrogen-bond acceptors (Lipinski definition) is 5. The maximum Gasteiger partial charge on any atom is 0.408 e. The van der Waals surface area contributed by atoms with Crippen molar-refractivity contribution in [2.24, 2.45) is 0 Å². The molecule has 8 nitrogen and oxygen atoms in total. The molecule has 2 aromatic carbocycles. The minimum absolute atomic E-state index is 0.0290. The molecule has 1 saturated heterocycles. The highest BCUT2D eigenvalue weighted by Gasteiger charge is 2.51. The highest BCUT2D eigenvalue weighted by atomic mass is 16.6. The van der Waals surface area contributed by atoms with Crippen molar-refractivity contribution < 1.29 is 29.0 Å². The van der Waals surface area contributed by atoms with Crippen LogP contribution in [-0.4, -0.2) is 54.0 Å². The Kier molecular flexibility index (Phi) is 5.32. The Morgan fingerprint density at radius 1 is 0.939 bits per heavy atom. The lowest BCUT2D eigenvalue weighted by molar-refractivity contribution is -0.153. The van der Waals surface area contributed by atoms with Crippen molar-refractivity contribution in [1.82, 2.24) is 10.6 Å². The molecule has 1 saturated carbocycles. The van der Waals surface area contributed by atoms with E-state index in [-0.39, 0.29) is 32.2 Å². The Morgan fingerprint density at radius 2 is 1.58 bits per heavy atom. The lowest BCUT2D eigenvalue weighted by atomic mass is 9.76. The van der Waals surface area contributed by atoms with Gasteiger partial charge in [-0.2, -0.15) is 0 Å². The molecule has 0 radical (unpaired) electrons. The van der Waals surface area contributed by atoms with Gasteiger partial charge in [-0.05, 0) is 41.5 Å². The van der Waals surface area contributed by atoms with Gasteiger partial charge in [0.1, 0.15) is 17.7 Å². The van der Waals surface area contributed by atoms with E-state index in [9.17, 15) is 19.5 Å². The maximum atomic E-state index is 13.1. The molecule has 1 heterocycles. The third-order valence-corrected chi connectivity index (χ3v) is 7.11. The van der Waals surface area contributed by atoms with E-state index in [2.05, 4.69) is 22.8 Å². The molecule has 1 aliphatic heterocycles. The molecule has 33 heavy (non-hydrogen) atoms. The third kappa shape index (κ3) is 3.64. The number of alkyl carbamates (subject to hydrolysis) is 1. The summed E-state index contributed by atoms with van der Waals surface area (Å²) in [5, 5.41) is 14.9. The standard InChI is InChI=1S/C25H26N2O6/c28-21(26-24(22(29)30)10-5-11-24)25(12-13-32-15-25)27-23(31)33-14-20-18-8-3-1-6-16(18)17-7-2-4-9-19(17)20/h1-4,6-9,20H,5,10-15H2,(H,26,28)(H,27,31)(H,29,30). The molecule has 3 N–H and O–H groups in total. The first-order chi connectivity index (χ1) is 15.9.